The maximum Gasteiger partial charge on any atom is -0.0134 e. The molecular weight excluding hydrogens is 228 g/mol. The Bertz CT molecular complexity index is 297. The van der Waals surface area contributed by atoms with Crippen molar-refractivity contribution >= 4 is 0 Å². The highest BCUT2D eigenvalue weighted by molar-refractivity contribution is 5.20. The van der Waals surface area contributed by atoms with E-state index in [9.17, 15) is 0 Å². The maximum atomic E-state index is 2.35. The Morgan fingerprint density at radius 1 is 0.789 bits per heavy atom. The Morgan fingerprint density at radius 3 is 2.00 bits per heavy atom. The van der Waals surface area contributed by atoms with Crippen LogP contribution in [0.2, 0.25) is 0 Å². The van der Waals surface area contributed by atoms with Crippen molar-refractivity contribution in [2.45, 2.75) is 78.1 Å². The monoisotopic (exact) mass is 260 g/mol. The van der Waals surface area contributed by atoms with E-state index in [-0.39, 0.29) is 0 Å². The number of hydrogen-bond acceptors (Lipinski definition) is 0. The van der Waals surface area contributed by atoms with E-state index in [1.165, 1.54) is 51.4 Å². The lowest BCUT2D eigenvalue weighted by Gasteiger charge is -2.26. The zero-order valence-corrected chi connectivity index (χ0v) is 13.2. The molecular formula is C19H32. The molecule has 0 nitrogen and oxygen atoms in total. The van der Waals surface area contributed by atoms with Crippen LogP contribution in [0.3, 0.4) is 0 Å². The molecule has 0 bridgehead atoms. The molecule has 0 heteroatoms. The van der Waals surface area contributed by atoms with Gasteiger partial charge in [-0.05, 0) is 23.8 Å². The third-order valence-electron chi connectivity index (χ3n) is 4.46. The number of rotatable bonds is 10. The summed E-state index contributed by atoms with van der Waals surface area (Å²) in [5.74, 6) is 1.63. The summed E-state index contributed by atoms with van der Waals surface area (Å²) in [5, 5.41) is 0. The first-order valence-electron chi connectivity index (χ1n) is 8.38. The predicted molar refractivity (Wildman–Crippen MR) is 86.6 cm³/mol. The van der Waals surface area contributed by atoms with Gasteiger partial charge >= 0.3 is 0 Å². The van der Waals surface area contributed by atoms with Gasteiger partial charge in [0.25, 0.3) is 0 Å². The molecule has 0 saturated heterocycles. The standard InChI is InChI=1S/C19H32/c1-4-7-8-9-13-16-19(17(5-2)6-3)18-14-11-10-12-15-18/h10-12,14-15,17,19H,4-9,13,16H2,1-3H3. The molecule has 1 aromatic rings. The predicted octanol–water partition coefficient (Wildman–Crippen LogP) is 6.57. The first kappa shape index (κ1) is 16.3. The minimum Gasteiger partial charge on any atom is -0.0654 e. The second-order valence-electron chi connectivity index (χ2n) is 5.80. The molecule has 1 rings (SSSR count). The zero-order chi connectivity index (χ0) is 13.9. The van der Waals surface area contributed by atoms with E-state index in [1.807, 2.05) is 0 Å². The first-order valence-corrected chi connectivity index (χ1v) is 8.38. The van der Waals surface area contributed by atoms with Crippen LogP contribution in [0.4, 0.5) is 0 Å². The second kappa shape index (κ2) is 10.1. The summed E-state index contributed by atoms with van der Waals surface area (Å²) in [6, 6.07) is 11.2. The number of unbranched alkanes of at least 4 members (excludes halogenated alkanes) is 4. The van der Waals surface area contributed by atoms with Gasteiger partial charge in [-0.1, -0.05) is 96.0 Å². The lowest BCUT2D eigenvalue weighted by molar-refractivity contribution is 0.367. The van der Waals surface area contributed by atoms with Crippen molar-refractivity contribution in [3.05, 3.63) is 35.9 Å². The Labute approximate surface area is 120 Å². The van der Waals surface area contributed by atoms with E-state index < -0.39 is 0 Å². The SMILES string of the molecule is CCCCCCCC(c1ccccc1)C(CC)CC. The minimum absolute atomic E-state index is 0.776. The molecule has 19 heavy (non-hydrogen) atoms. The lowest BCUT2D eigenvalue weighted by Crippen LogP contribution is -2.11. The molecule has 1 unspecified atom stereocenters. The van der Waals surface area contributed by atoms with Gasteiger partial charge in [-0.25, -0.2) is 0 Å². The summed E-state index contributed by atoms with van der Waals surface area (Å²) in [6.45, 7) is 6.99. The van der Waals surface area contributed by atoms with Gasteiger partial charge in [0.2, 0.25) is 0 Å². The molecule has 108 valence electrons. The average Bonchev–Trinajstić information content (AvgIpc) is 2.47. The zero-order valence-electron chi connectivity index (χ0n) is 13.2. The van der Waals surface area contributed by atoms with Gasteiger partial charge in [0, 0.05) is 0 Å². The van der Waals surface area contributed by atoms with Crippen LogP contribution >= 0.6 is 0 Å². The van der Waals surface area contributed by atoms with Crippen molar-refractivity contribution in [2.75, 3.05) is 0 Å². The first-order chi connectivity index (χ1) is 9.33. The summed E-state index contributed by atoms with van der Waals surface area (Å²) < 4.78 is 0. The van der Waals surface area contributed by atoms with Crippen molar-refractivity contribution < 1.29 is 0 Å². The van der Waals surface area contributed by atoms with Crippen LogP contribution in [0.1, 0.15) is 83.6 Å². The molecule has 0 N–H and O–H groups in total. The smallest absolute Gasteiger partial charge is 0.0134 e. The van der Waals surface area contributed by atoms with Gasteiger partial charge in [0.05, 0.1) is 0 Å². The third-order valence-corrected chi connectivity index (χ3v) is 4.46. The summed E-state index contributed by atoms with van der Waals surface area (Å²) in [7, 11) is 0. The normalized spacial score (nSPS) is 12.8. The molecule has 0 saturated carbocycles. The van der Waals surface area contributed by atoms with Gasteiger partial charge in [-0.2, -0.15) is 0 Å². The van der Waals surface area contributed by atoms with Gasteiger partial charge in [-0.3, -0.25) is 0 Å². The highest BCUT2D eigenvalue weighted by atomic mass is 14.2. The van der Waals surface area contributed by atoms with E-state index in [0.29, 0.717) is 0 Å². The van der Waals surface area contributed by atoms with E-state index in [1.54, 1.807) is 5.56 Å². The van der Waals surface area contributed by atoms with Gasteiger partial charge in [-0.15, -0.1) is 0 Å². The molecule has 0 heterocycles. The molecule has 0 radical (unpaired) electrons. The van der Waals surface area contributed by atoms with Crippen LogP contribution in [0.15, 0.2) is 30.3 Å². The topological polar surface area (TPSA) is 0 Å². The highest BCUT2D eigenvalue weighted by Crippen LogP contribution is 2.34. The molecule has 0 aliphatic heterocycles. The molecule has 0 aliphatic rings. The Morgan fingerprint density at radius 2 is 1.42 bits per heavy atom. The van der Waals surface area contributed by atoms with Gasteiger partial charge in [0.1, 0.15) is 0 Å². The van der Waals surface area contributed by atoms with Crippen molar-refractivity contribution in [2.24, 2.45) is 5.92 Å². The number of hydrogen-bond donors (Lipinski definition) is 0. The highest BCUT2D eigenvalue weighted by Gasteiger charge is 2.19. The molecule has 0 fully saturated rings. The largest absolute Gasteiger partial charge is 0.0654 e. The van der Waals surface area contributed by atoms with E-state index >= 15 is 0 Å². The van der Waals surface area contributed by atoms with Crippen molar-refractivity contribution in [3.8, 4) is 0 Å². The van der Waals surface area contributed by atoms with Gasteiger partial charge in [0.15, 0.2) is 0 Å². The van der Waals surface area contributed by atoms with E-state index in [4.69, 9.17) is 0 Å². The molecule has 0 spiro atoms. The summed E-state index contributed by atoms with van der Waals surface area (Å²) in [5.41, 5.74) is 1.56. The third kappa shape index (κ3) is 5.80. The van der Waals surface area contributed by atoms with Crippen molar-refractivity contribution in [1.82, 2.24) is 0 Å². The Hall–Kier alpha value is -0.780. The fraction of sp³-hybridized carbons (Fsp3) is 0.684. The quantitative estimate of drug-likeness (QED) is 0.417. The maximum absolute atomic E-state index is 2.35. The Kier molecular flexibility index (Phi) is 8.62. The van der Waals surface area contributed by atoms with Crippen molar-refractivity contribution in [1.29, 1.82) is 0 Å². The van der Waals surface area contributed by atoms with Crippen LogP contribution in [-0.4, -0.2) is 0 Å². The average molecular weight is 260 g/mol. The molecule has 1 aromatic carbocycles. The number of benzene rings is 1. The van der Waals surface area contributed by atoms with Crippen LogP contribution in [0.25, 0.3) is 0 Å². The minimum atomic E-state index is 0.776. The molecule has 1 atom stereocenters. The van der Waals surface area contributed by atoms with Crippen LogP contribution in [-0.2, 0) is 0 Å². The van der Waals surface area contributed by atoms with Crippen LogP contribution in [0.5, 0.6) is 0 Å². The summed E-state index contributed by atoms with van der Waals surface area (Å²) >= 11 is 0. The van der Waals surface area contributed by atoms with E-state index in [2.05, 4.69) is 51.1 Å². The van der Waals surface area contributed by atoms with Gasteiger partial charge < -0.3 is 0 Å². The molecule has 0 aliphatic carbocycles. The molecule has 0 amide bonds. The Balaban J connectivity index is 2.55. The second-order valence-corrected chi connectivity index (χ2v) is 5.80. The fourth-order valence-electron chi connectivity index (χ4n) is 3.20. The molecule has 0 aromatic heterocycles. The summed E-state index contributed by atoms with van der Waals surface area (Å²) in [6.07, 6.45) is 11.0. The van der Waals surface area contributed by atoms with Crippen LogP contribution in [0, 0.1) is 5.92 Å². The fourth-order valence-corrected chi connectivity index (χ4v) is 3.20. The van der Waals surface area contributed by atoms with Crippen LogP contribution < -0.4 is 0 Å². The lowest BCUT2D eigenvalue weighted by atomic mass is 9.79. The van der Waals surface area contributed by atoms with Crippen molar-refractivity contribution in [3.63, 3.8) is 0 Å². The van der Waals surface area contributed by atoms with E-state index in [0.717, 1.165) is 11.8 Å². The summed E-state index contributed by atoms with van der Waals surface area (Å²) in [4.78, 5) is 0.